The van der Waals surface area contributed by atoms with Crippen LogP contribution in [0, 0.1) is 6.92 Å². The molecule has 0 aliphatic heterocycles. The third-order valence-corrected chi connectivity index (χ3v) is 4.04. The Bertz CT molecular complexity index is 990. The molecule has 0 saturated carbocycles. The minimum atomic E-state index is -0.825. The number of ether oxygens (including phenoxy) is 1. The van der Waals surface area contributed by atoms with Crippen LogP contribution in [0.1, 0.15) is 34.0 Å². The van der Waals surface area contributed by atoms with Gasteiger partial charge in [-0.25, -0.2) is 4.79 Å². The van der Waals surface area contributed by atoms with E-state index in [4.69, 9.17) is 4.74 Å². The number of benzene rings is 2. The van der Waals surface area contributed by atoms with Crippen molar-refractivity contribution in [3.8, 4) is 5.75 Å². The number of hydrogen-bond acceptors (Lipinski definition) is 4. The number of fused-ring (bicyclic) bond motifs is 1. The zero-order chi connectivity index (χ0) is 18.0. The summed E-state index contributed by atoms with van der Waals surface area (Å²) in [6.45, 7) is 3.68. The number of carbonyl (C=O) groups is 1. The van der Waals surface area contributed by atoms with E-state index in [0.717, 1.165) is 16.7 Å². The summed E-state index contributed by atoms with van der Waals surface area (Å²) in [5, 5.41) is 11.0. The van der Waals surface area contributed by atoms with Crippen LogP contribution in [0.15, 0.2) is 47.3 Å². The molecule has 0 spiro atoms. The summed E-state index contributed by atoms with van der Waals surface area (Å²) in [5.74, 6) is -1.16. The van der Waals surface area contributed by atoms with E-state index in [2.05, 4.69) is 4.98 Å². The van der Waals surface area contributed by atoms with Crippen LogP contribution in [0.3, 0.4) is 0 Å². The molecule has 0 bridgehead atoms. The Balaban J connectivity index is 2.21. The first-order chi connectivity index (χ1) is 12.0. The fourth-order valence-electron chi connectivity index (χ4n) is 2.96. The van der Waals surface area contributed by atoms with Crippen LogP contribution in [-0.4, -0.2) is 22.7 Å². The third kappa shape index (κ3) is 3.26. The summed E-state index contributed by atoms with van der Waals surface area (Å²) < 4.78 is 4.88. The summed E-state index contributed by atoms with van der Waals surface area (Å²) in [6, 6.07) is 13.6. The van der Waals surface area contributed by atoms with Crippen LogP contribution >= 0.6 is 0 Å². The second-order valence-corrected chi connectivity index (χ2v) is 5.91. The van der Waals surface area contributed by atoms with E-state index in [1.54, 1.807) is 13.0 Å². The fourth-order valence-corrected chi connectivity index (χ4v) is 2.96. The maximum atomic E-state index is 12.3. The van der Waals surface area contributed by atoms with Crippen LogP contribution in [0.25, 0.3) is 10.9 Å². The van der Waals surface area contributed by atoms with Crippen molar-refractivity contribution >= 4 is 16.9 Å². The van der Waals surface area contributed by atoms with Crippen molar-refractivity contribution in [3.63, 3.8) is 0 Å². The van der Waals surface area contributed by atoms with Gasteiger partial charge in [-0.15, -0.1) is 0 Å². The second-order valence-electron chi connectivity index (χ2n) is 5.91. The summed E-state index contributed by atoms with van der Waals surface area (Å²) >= 11 is 0. The molecule has 1 aromatic heterocycles. The number of aromatic hydroxyl groups is 1. The zero-order valence-corrected chi connectivity index (χ0v) is 14.1. The van der Waals surface area contributed by atoms with Crippen molar-refractivity contribution in [2.75, 3.05) is 6.61 Å². The lowest BCUT2D eigenvalue weighted by Crippen LogP contribution is -2.20. The average Bonchev–Trinajstić information content (AvgIpc) is 2.57. The number of aromatic nitrogens is 1. The van der Waals surface area contributed by atoms with Crippen molar-refractivity contribution in [1.29, 1.82) is 0 Å². The van der Waals surface area contributed by atoms with Gasteiger partial charge in [0.2, 0.25) is 0 Å². The second kappa shape index (κ2) is 6.81. The van der Waals surface area contributed by atoms with Gasteiger partial charge in [0.1, 0.15) is 5.75 Å². The van der Waals surface area contributed by atoms with Gasteiger partial charge in [0, 0.05) is 5.39 Å². The predicted octanol–water partition coefficient (Wildman–Crippen LogP) is 3.31. The summed E-state index contributed by atoms with van der Waals surface area (Å²) in [6.07, 6.45) is 0.604. The molecule has 2 N–H and O–H groups in total. The van der Waals surface area contributed by atoms with E-state index in [1.807, 2.05) is 43.3 Å². The van der Waals surface area contributed by atoms with E-state index < -0.39 is 11.5 Å². The number of carbonyl (C=O) groups excluding carboxylic acids is 1. The van der Waals surface area contributed by atoms with Gasteiger partial charge in [-0.3, -0.25) is 4.79 Å². The molecule has 5 nitrogen and oxygen atoms in total. The van der Waals surface area contributed by atoms with Crippen LogP contribution in [-0.2, 0) is 11.2 Å². The molecule has 0 fully saturated rings. The Kier molecular flexibility index (Phi) is 4.57. The lowest BCUT2D eigenvalue weighted by Gasteiger charge is -2.12. The van der Waals surface area contributed by atoms with Gasteiger partial charge in [-0.05, 0) is 43.0 Å². The fraction of sp³-hybridized carbons (Fsp3) is 0.200. The first-order valence-electron chi connectivity index (χ1n) is 8.10. The van der Waals surface area contributed by atoms with E-state index in [9.17, 15) is 14.7 Å². The minimum absolute atomic E-state index is 0.128. The first-order valence-corrected chi connectivity index (χ1v) is 8.10. The normalized spacial score (nSPS) is 10.8. The Morgan fingerprint density at radius 2 is 1.92 bits per heavy atom. The molecular formula is C20H19NO4. The maximum Gasteiger partial charge on any atom is 0.347 e. The maximum absolute atomic E-state index is 12.3. The highest BCUT2D eigenvalue weighted by atomic mass is 16.5. The average molecular weight is 337 g/mol. The molecule has 0 aliphatic rings. The molecule has 2 aromatic carbocycles. The Morgan fingerprint density at radius 1 is 1.20 bits per heavy atom. The topological polar surface area (TPSA) is 79.4 Å². The quantitative estimate of drug-likeness (QED) is 0.716. The smallest absolute Gasteiger partial charge is 0.347 e. The van der Waals surface area contributed by atoms with E-state index in [1.165, 1.54) is 0 Å². The molecule has 5 heteroatoms. The Morgan fingerprint density at radius 3 is 2.60 bits per heavy atom. The predicted molar refractivity (Wildman–Crippen MR) is 96.2 cm³/mol. The Hall–Kier alpha value is -3.08. The van der Waals surface area contributed by atoms with Crippen molar-refractivity contribution in [3.05, 3.63) is 75.1 Å². The highest BCUT2D eigenvalue weighted by Crippen LogP contribution is 2.30. The molecule has 0 atom stereocenters. The molecular weight excluding hydrogens is 318 g/mol. The number of aromatic amines is 1. The van der Waals surface area contributed by atoms with Gasteiger partial charge < -0.3 is 14.8 Å². The van der Waals surface area contributed by atoms with Gasteiger partial charge in [-0.1, -0.05) is 36.4 Å². The first kappa shape index (κ1) is 16.8. The number of nitrogens with one attached hydrogen (secondary N) is 1. The van der Waals surface area contributed by atoms with Gasteiger partial charge in [0.05, 0.1) is 12.1 Å². The molecule has 1 heterocycles. The SMILES string of the molecule is CCOC(=O)c1c(O)c2cc(C)cc(Cc3ccccc3)c2[nH]c1=O. The van der Waals surface area contributed by atoms with Crippen LogP contribution in [0.5, 0.6) is 5.75 Å². The largest absolute Gasteiger partial charge is 0.506 e. The van der Waals surface area contributed by atoms with Crippen LogP contribution in [0.4, 0.5) is 0 Å². The van der Waals surface area contributed by atoms with E-state index in [0.29, 0.717) is 17.3 Å². The third-order valence-electron chi connectivity index (χ3n) is 4.04. The molecule has 0 amide bonds. The van der Waals surface area contributed by atoms with Gasteiger partial charge >= 0.3 is 5.97 Å². The van der Waals surface area contributed by atoms with Crippen molar-refractivity contribution in [2.24, 2.45) is 0 Å². The van der Waals surface area contributed by atoms with Crippen molar-refractivity contribution in [2.45, 2.75) is 20.3 Å². The molecule has 0 unspecified atom stereocenters. The van der Waals surface area contributed by atoms with Gasteiger partial charge in [-0.2, -0.15) is 0 Å². The van der Waals surface area contributed by atoms with Crippen LogP contribution in [0.2, 0.25) is 0 Å². The number of aryl methyl sites for hydroxylation is 1. The van der Waals surface area contributed by atoms with Gasteiger partial charge in [0.15, 0.2) is 5.56 Å². The number of hydrogen-bond donors (Lipinski definition) is 2. The monoisotopic (exact) mass is 337 g/mol. The number of esters is 1. The highest BCUT2D eigenvalue weighted by molar-refractivity contribution is 6.00. The molecule has 3 rings (SSSR count). The molecule has 128 valence electrons. The van der Waals surface area contributed by atoms with Crippen molar-refractivity contribution in [1.82, 2.24) is 4.98 Å². The summed E-state index contributed by atoms with van der Waals surface area (Å²) in [4.78, 5) is 27.1. The van der Waals surface area contributed by atoms with E-state index in [-0.39, 0.29) is 17.9 Å². The van der Waals surface area contributed by atoms with Gasteiger partial charge in [0.25, 0.3) is 5.56 Å². The molecule has 3 aromatic rings. The molecule has 25 heavy (non-hydrogen) atoms. The molecule has 0 radical (unpaired) electrons. The highest BCUT2D eigenvalue weighted by Gasteiger charge is 2.21. The minimum Gasteiger partial charge on any atom is -0.506 e. The lowest BCUT2D eigenvalue weighted by molar-refractivity contribution is 0.0521. The summed E-state index contributed by atoms with van der Waals surface area (Å²) in [7, 11) is 0. The standard InChI is InChI=1S/C20H19NO4/c1-3-25-20(24)16-18(22)15-10-12(2)9-14(17(15)21-19(16)23)11-13-7-5-4-6-8-13/h4-10H,3,11H2,1-2H3,(H2,21,22,23). The van der Waals surface area contributed by atoms with E-state index >= 15 is 0 Å². The molecule has 0 aliphatic carbocycles. The van der Waals surface area contributed by atoms with Crippen molar-refractivity contribution < 1.29 is 14.6 Å². The lowest BCUT2D eigenvalue weighted by atomic mass is 9.98. The Labute approximate surface area is 144 Å². The number of pyridine rings is 1. The number of rotatable bonds is 4. The molecule has 0 saturated heterocycles. The van der Waals surface area contributed by atoms with Crippen LogP contribution < -0.4 is 5.56 Å². The summed E-state index contributed by atoms with van der Waals surface area (Å²) in [5.41, 5.74) is 2.42. The number of H-pyrrole nitrogens is 1. The zero-order valence-electron chi connectivity index (χ0n) is 14.1.